The third kappa shape index (κ3) is 3.39. The van der Waals surface area contributed by atoms with Gasteiger partial charge in [-0.05, 0) is 38.5 Å². The summed E-state index contributed by atoms with van der Waals surface area (Å²) in [6, 6.07) is 0.225. The van der Waals surface area contributed by atoms with Gasteiger partial charge >= 0.3 is 6.03 Å². The van der Waals surface area contributed by atoms with Crippen molar-refractivity contribution in [2.24, 2.45) is 5.41 Å². The molecule has 0 aromatic rings. The van der Waals surface area contributed by atoms with E-state index in [-0.39, 0.29) is 6.03 Å². The molecule has 0 bridgehead atoms. The Hall–Kier alpha value is -0.730. The maximum atomic E-state index is 12.2. The van der Waals surface area contributed by atoms with Crippen LogP contribution in [-0.2, 0) is 0 Å². The fraction of sp³-hybridized carbons (Fsp3) is 0.923. The minimum Gasteiger partial charge on any atom is -0.325 e. The molecule has 0 aliphatic carbocycles. The van der Waals surface area contributed by atoms with Gasteiger partial charge in [0.25, 0.3) is 0 Å². The molecule has 0 spiro atoms. The molecule has 0 saturated carbocycles. The number of hydrogen-bond acceptors (Lipinski definition) is 1. The summed E-state index contributed by atoms with van der Waals surface area (Å²) in [5.41, 5.74) is 0.401. The standard InChI is InChI=1S/C13H26N2O/c1-5-14(6-2)12(16)15-10-7-8-13(3,4)9-11-15/h5-11H2,1-4H3. The van der Waals surface area contributed by atoms with Gasteiger partial charge in [0.2, 0.25) is 0 Å². The molecule has 94 valence electrons. The highest BCUT2D eigenvalue weighted by Crippen LogP contribution is 2.29. The fourth-order valence-corrected chi connectivity index (χ4v) is 2.31. The van der Waals surface area contributed by atoms with Crippen LogP contribution in [0.1, 0.15) is 47.0 Å². The minimum absolute atomic E-state index is 0.225. The lowest BCUT2D eigenvalue weighted by atomic mass is 9.85. The van der Waals surface area contributed by atoms with Gasteiger partial charge in [0, 0.05) is 26.2 Å². The molecule has 1 rings (SSSR count). The van der Waals surface area contributed by atoms with E-state index in [4.69, 9.17) is 0 Å². The molecule has 0 aromatic heterocycles. The number of carbonyl (C=O) groups is 1. The highest BCUT2D eigenvalue weighted by Gasteiger charge is 2.26. The van der Waals surface area contributed by atoms with Crippen LogP contribution in [0.25, 0.3) is 0 Å². The summed E-state index contributed by atoms with van der Waals surface area (Å²) in [6.07, 6.45) is 3.50. The van der Waals surface area contributed by atoms with Gasteiger partial charge in [-0.15, -0.1) is 0 Å². The second-order valence-corrected chi connectivity index (χ2v) is 5.46. The average molecular weight is 226 g/mol. The van der Waals surface area contributed by atoms with Crippen LogP contribution in [0.4, 0.5) is 4.79 Å². The zero-order valence-electron chi connectivity index (χ0n) is 11.3. The lowest BCUT2D eigenvalue weighted by Gasteiger charge is -2.29. The maximum Gasteiger partial charge on any atom is 0.319 e. The predicted octanol–water partition coefficient (Wildman–Crippen LogP) is 2.96. The molecule has 16 heavy (non-hydrogen) atoms. The number of amides is 2. The van der Waals surface area contributed by atoms with Gasteiger partial charge in [0.05, 0.1) is 0 Å². The van der Waals surface area contributed by atoms with E-state index in [1.54, 1.807) is 0 Å². The van der Waals surface area contributed by atoms with Crippen molar-refractivity contribution in [1.29, 1.82) is 0 Å². The normalized spacial score (nSPS) is 20.4. The highest BCUT2D eigenvalue weighted by molar-refractivity contribution is 5.74. The van der Waals surface area contributed by atoms with Gasteiger partial charge in [-0.2, -0.15) is 0 Å². The van der Waals surface area contributed by atoms with E-state index < -0.39 is 0 Å². The van der Waals surface area contributed by atoms with Gasteiger partial charge in [-0.3, -0.25) is 0 Å². The summed E-state index contributed by atoms with van der Waals surface area (Å²) in [5.74, 6) is 0. The molecular weight excluding hydrogens is 200 g/mol. The van der Waals surface area contributed by atoms with E-state index in [0.29, 0.717) is 5.41 Å². The first-order chi connectivity index (χ1) is 7.50. The van der Waals surface area contributed by atoms with Crippen molar-refractivity contribution >= 4 is 6.03 Å². The first kappa shape index (κ1) is 13.3. The number of urea groups is 1. The highest BCUT2D eigenvalue weighted by atomic mass is 16.2. The molecule has 1 heterocycles. The molecule has 0 N–H and O–H groups in total. The zero-order valence-corrected chi connectivity index (χ0v) is 11.3. The molecule has 2 amide bonds. The first-order valence-electron chi connectivity index (χ1n) is 6.54. The smallest absolute Gasteiger partial charge is 0.319 e. The molecule has 3 nitrogen and oxygen atoms in total. The Morgan fingerprint density at radius 2 is 1.81 bits per heavy atom. The molecule has 0 atom stereocenters. The van der Waals surface area contributed by atoms with Gasteiger partial charge in [0.15, 0.2) is 0 Å². The molecule has 1 saturated heterocycles. The van der Waals surface area contributed by atoms with E-state index in [2.05, 4.69) is 13.8 Å². The molecule has 0 radical (unpaired) electrons. The van der Waals surface area contributed by atoms with Crippen molar-refractivity contribution in [3.8, 4) is 0 Å². The number of carbonyl (C=O) groups excluding carboxylic acids is 1. The molecule has 0 unspecified atom stereocenters. The Balaban J connectivity index is 2.57. The molecule has 1 fully saturated rings. The van der Waals surface area contributed by atoms with Gasteiger partial charge in [0.1, 0.15) is 0 Å². The van der Waals surface area contributed by atoms with E-state index in [0.717, 1.165) is 39.0 Å². The van der Waals surface area contributed by atoms with Crippen LogP contribution >= 0.6 is 0 Å². The number of rotatable bonds is 2. The summed E-state index contributed by atoms with van der Waals surface area (Å²) < 4.78 is 0. The quantitative estimate of drug-likeness (QED) is 0.710. The predicted molar refractivity (Wildman–Crippen MR) is 67.5 cm³/mol. The summed E-state index contributed by atoms with van der Waals surface area (Å²) in [7, 11) is 0. The number of likely N-dealkylation sites (tertiary alicyclic amines) is 1. The van der Waals surface area contributed by atoms with Gasteiger partial charge < -0.3 is 9.80 Å². The fourth-order valence-electron chi connectivity index (χ4n) is 2.31. The average Bonchev–Trinajstić information content (AvgIpc) is 2.41. The second kappa shape index (κ2) is 5.55. The second-order valence-electron chi connectivity index (χ2n) is 5.46. The van der Waals surface area contributed by atoms with Crippen molar-refractivity contribution in [1.82, 2.24) is 9.80 Å². The van der Waals surface area contributed by atoms with Crippen molar-refractivity contribution in [3.63, 3.8) is 0 Å². The van der Waals surface area contributed by atoms with Gasteiger partial charge in [-0.1, -0.05) is 13.8 Å². The summed E-state index contributed by atoms with van der Waals surface area (Å²) in [6.45, 7) is 12.2. The van der Waals surface area contributed by atoms with E-state index in [9.17, 15) is 4.79 Å². The Bertz CT molecular complexity index is 234. The third-order valence-electron chi connectivity index (χ3n) is 3.64. The van der Waals surface area contributed by atoms with Crippen molar-refractivity contribution in [3.05, 3.63) is 0 Å². The van der Waals surface area contributed by atoms with Crippen molar-refractivity contribution in [2.45, 2.75) is 47.0 Å². The largest absolute Gasteiger partial charge is 0.325 e. The lowest BCUT2D eigenvalue weighted by Crippen LogP contribution is -2.43. The molecular formula is C13H26N2O. The van der Waals surface area contributed by atoms with Crippen LogP contribution in [0.2, 0.25) is 0 Å². The van der Waals surface area contributed by atoms with Crippen LogP contribution in [-0.4, -0.2) is 42.0 Å². The molecule has 1 aliphatic rings. The Kier molecular flexibility index (Phi) is 4.63. The topological polar surface area (TPSA) is 23.6 Å². The van der Waals surface area contributed by atoms with Crippen molar-refractivity contribution in [2.75, 3.05) is 26.2 Å². The number of nitrogens with zero attached hydrogens (tertiary/aromatic N) is 2. The van der Waals surface area contributed by atoms with Crippen LogP contribution in [0.3, 0.4) is 0 Å². The van der Waals surface area contributed by atoms with E-state index in [1.165, 1.54) is 6.42 Å². The first-order valence-corrected chi connectivity index (χ1v) is 6.54. The molecule has 0 aromatic carbocycles. The van der Waals surface area contributed by atoms with Crippen LogP contribution in [0.15, 0.2) is 0 Å². The van der Waals surface area contributed by atoms with E-state index in [1.807, 2.05) is 23.6 Å². The van der Waals surface area contributed by atoms with E-state index >= 15 is 0 Å². The summed E-state index contributed by atoms with van der Waals surface area (Å²) >= 11 is 0. The SMILES string of the molecule is CCN(CC)C(=O)N1CCCC(C)(C)CC1. The van der Waals surface area contributed by atoms with Crippen LogP contribution in [0, 0.1) is 5.41 Å². The Morgan fingerprint density at radius 1 is 1.19 bits per heavy atom. The summed E-state index contributed by atoms with van der Waals surface area (Å²) in [4.78, 5) is 16.1. The number of hydrogen-bond donors (Lipinski definition) is 0. The monoisotopic (exact) mass is 226 g/mol. The van der Waals surface area contributed by atoms with Crippen LogP contribution < -0.4 is 0 Å². The Morgan fingerprint density at radius 3 is 2.38 bits per heavy atom. The maximum absolute atomic E-state index is 12.2. The molecule has 3 heteroatoms. The van der Waals surface area contributed by atoms with Crippen LogP contribution in [0.5, 0.6) is 0 Å². The zero-order chi connectivity index (χ0) is 12.2. The Labute approximate surface area is 99.8 Å². The van der Waals surface area contributed by atoms with Crippen molar-refractivity contribution < 1.29 is 4.79 Å². The summed E-state index contributed by atoms with van der Waals surface area (Å²) in [5, 5.41) is 0. The molecule has 1 aliphatic heterocycles. The van der Waals surface area contributed by atoms with Gasteiger partial charge in [-0.25, -0.2) is 4.79 Å². The lowest BCUT2D eigenvalue weighted by molar-refractivity contribution is 0.157. The minimum atomic E-state index is 0.225. The third-order valence-corrected chi connectivity index (χ3v) is 3.64.